The molecule has 0 spiro atoms. The second-order valence-electron chi connectivity index (χ2n) is 19.2. The molecular weight excluding hydrogens is 811 g/mol. The molecule has 20 atom stereocenters. The molecule has 4 aliphatic rings. The third-order valence-corrected chi connectivity index (χ3v) is 13.8. The van der Waals surface area contributed by atoms with Gasteiger partial charge in [-0.2, -0.15) is 13.2 Å². The topological polar surface area (TPSA) is 210 Å². The Balaban J connectivity index is 1.82. The van der Waals surface area contributed by atoms with E-state index in [0.29, 0.717) is 0 Å². The Hall–Kier alpha value is -1.30. The molecule has 16 nitrogen and oxygen atoms in total. The minimum Gasteiger partial charge on any atom is -0.459 e. The van der Waals surface area contributed by atoms with E-state index in [1.54, 1.807) is 62.3 Å². The van der Waals surface area contributed by atoms with Gasteiger partial charge in [-0.1, -0.05) is 20.8 Å². The molecule has 61 heavy (non-hydrogen) atoms. The number of likely N-dealkylation sites (N-methyl/N-ethyl adjacent to an activating group) is 1. The van der Waals surface area contributed by atoms with E-state index in [4.69, 9.17) is 33.2 Å². The Morgan fingerprint density at radius 3 is 2.23 bits per heavy atom. The number of nitrogens with one attached hydrogen (secondary N) is 2. The molecule has 4 fully saturated rings. The van der Waals surface area contributed by atoms with Crippen molar-refractivity contribution in [2.75, 3.05) is 33.8 Å². The van der Waals surface area contributed by atoms with Gasteiger partial charge >= 0.3 is 12.1 Å². The Labute approximate surface area is 359 Å². The van der Waals surface area contributed by atoms with Crippen LogP contribution in [-0.2, 0) is 38.0 Å². The summed E-state index contributed by atoms with van der Waals surface area (Å²) in [5.41, 5.74) is -6.60. The van der Waals surface area contributed by atoms with Crippen LogP contribution in [0.15, 0.2) is 0 Å². The maximum Gasteiger partial charge on any atom is 0.428 e. The number of rotatable bonds is 10. The summed E-state index contributed by atoms with van der Waals surface area (Å²) in [6, 6.07) is -1.43. The van der Waals surface area contributed by atoms with Gasteiger partial charge in [0.05, 0.1) is 42.0 Å². The van der Waals surface area contributed by atoms with E-state index < -0.39 is 126 Å². The highest BCUT2D eigenvalue weighted by Gasteiger charge is 2.60. The Morgan fingerprint density at radius 2 is 1.66 bits per heavy atom. The zero-order chi connectivity index (χ0) is 46.2. The van der Waals surface area contributed by atoms with Crippen LogP contribution in [0.5, 0.6) is 0 Å². The van der Waals surface area contributed by atoms with Crippen LogP contribution in [0, 0.1) is 17.8 Å². The lowest BCUT2D eigenvalue weighted by Crippen LogP contribution is -2.70. The summed E-state index contributed by atoms with van der Waals surface area (Å²) >= 11 is 0. The molecule has 0 bridgehead atoms. The molecule has 0 radical (unpaired) electrons. The van der Waals surface area contributed by atoms with Gasteiger partial charge in [0.15, 0.2) is 12.6 Å². The number of methoxy groups -OCH3 is 1. The fourth-order valence-electron chi connectivity index (χ4n) is 9.98. The van der Waals surface area contributed by atoms with Crippen LogP contribution in [0.2, 0.25) is 0 Å². The summed E-state index contributed by atoms with van der Waals surface area (Å²) in [5, 5.41) is 63.9. The molecule has 0 amide bonds. The number of carbonyl (C=O) groups is 1. The number of carbonyl (C=O) groups excluding carboxylic acids is 1. The van der Waals surface area contributed by atoms with Gasteiger partial charge in [-0.15, -0.1) is 0 Å². The van der Waals surface area contributed by atoms with E-state index in [2.05, 4.69) is 10.6 Å². The van der Waals surface area contributed by atoms with Crippen LogP contribution in [0.25, 0.3) is 0 Å². The van der Waals surface area contributed by atoms with Crippen molar-refractivity contribution >= 4 is 5.97 Å². The second kappa shape index (κ2) is 20.1. The molecule has 0 aromatic carbocycles. The number of alkyl halides is 3. The highest BCUT2D eigenvalue weighted by Crippen LogP contribution is 2.45. The number of cyclic esters (lactones) is 1. The average Bonchev–Trinajstić information content (AvgIpc) is 3.50. The highest BCUT2D eigenvalue weighted by molar-refractivity contribution is 5.73. The number of hydrogen-bond donors (Lipinski definition) is 7. The fourth-order valence-corrected chi connectivity index (χ4v) is 9.98. The van der Waals surface area contributed by atoms with Gasteiger partial charge in [0.2, 0.25) is 6.23 Å². The second-order valence-corrected chi connectivity index (χ2v) is 19.2. The molecule has 4 aliphatic heterocycles. The first-order chi connectivity index (χ1) is 28.0. The predicted molar refractivity (Wildman–Crippen MR) is 216 cm³/mol. The minimum atomic E-state index is -4.71. The lowest BCUT2D eigenvalue weighted by Gasteiger charge is -2.53. The molecule has 0 aromatic heterocycles. The summed E-state index contributed by atoms with van der Waals surface area (Å²) in [6.45, 7) is 18.6. The number of aliphatic hydroxyl groups excluding tert-OH is 2. The lowest BCUT2D eigenvalue weighted by molar-refractivity contribution is -0.336. The number of nitrogens with zero attached hydrogens (tertiary/aromatic N) is 1. The average molecular weight is 888 g/mol. The van der Waals surface area contributed by atoms with Gasteiger partial charge in [-0.05, 0) is 94.2 Å². The minimum absolute atomic E-state index is 0.0122. The van der Waals surface area contributed by atoms with Crippen LogP contribution >= 0.6 is 0 Å². The molecule has 4 saturated heterocycles. The molecule has 0 aromatic rings. The van der Waals surface area contributed by atoms with Gasteiger partial charge < -0.3 is 69.3 Å². The standard InChI is InChI=1S/C42H76F3N3O13/c1-14-29-40(11,53)33(50)26(7)47-18-21(2)16-38(9,52)34(61-36-32-28(15-23(4)56-36)48(12)37(60-32)42(43,44)45)24(5)31(25(6)35(51)58-29)59-30-17-39(10,55-13)41(54,27(8)57-30)20-46-19-22(3)49/h21-34,36-37,46-47,49-50,52-54H,14-20H2,1-13H3/t21-,22?,23-,24+,25-,26-,27+,28+,29-,30+,31+,32-,33-,34-,36+,37?,38-,39-,40-,41+/m1/s1. The van der Waals surface area contributed by atoms with Crippen molar-refractivity contribution in [3.05, 3.63) is 0 Å². The molecule has 4 rings (SSSR count). The van der Waals surface area contributed by atoms with E-state index in [0.717, 1.165) is 4.90 Å². The number of fused-ring (bicyclic) bond motifs is 1. The zero-order valence-corrected chi connectivity index (χ0v) is 38.3. The van der Waals surface area contributed by atoms with Crippen molar-refractivity contribution in [3.63, 3.8) is 0 Å². The van der Waals surface area contributed by atoms with Gasteiger partial charge in [0.1, 0.15) is 35.1 Å². The van der Waals surface area contributed by atoms with Crippen molar-refractivity contribution in [2.24, 2.45) is 17.8 Å². The van der Waals surface area contributed by atoms with Gasteiger partial charge in [0.25, 0.3) is 0 Å². The number of esters is 1. The van der Waals surface area contributed by atoms with E-state index in [-0.39, 0.29) is 51.2 Å². The molecule has 358 valence electrons. The third kappa shape index (κ3) is 11.4. The first kappa shape index (κ1) is 52.3. The number of hydrogen-bond acceptors (Lipinski definition) is 16. The smallest absolute Gasteiger partial charge is 0.428 e. The monoisotopic (exact) mass is 888 g/mol. The first-order valence-corrected chi connectivity index (χ1v) is 21.8. The Morgan fingerprint density at radius 1 is 1.02 bits per heavy atom. The van der Waals surface area contributed by atoms with Crippen LogP contribution in [0.1, 0.15) is 102 Å². The van der Waals surface area contributed by atoms with Gasteiger partial charge in [-0.25, -0.2) is 0 Å². The molecule has 0 aliphatic carbocycles. The summed E-state index contributed by atoms with van der Waals surface area (Å²) in [5.74, 6) is -3.26. The quantitative estimate of drug-likeness (QED) is 0.157. The van der Waals surface area contributed by atoms with Crippen LogP contribution < -0.4 is 10.6 Å². The zero-order valence-electron chi connectivity index (χ0n) is 38.3. The van der Waals surface area contributed by atoms with E-state index >= 15 is 0 Å². The molecule has 4 heterocycles. The van der Waals surface area contributed by atoms with Crippen molar-refractivity contribution in [3.8, 4) is 0 Å². The van der Waals surface area contributed by atoms with Crippen molar-refractivity contribution in [1.82, 2.24) is 15.5 Å². The highest BCUT2D eigenvalue weighted by atomic mass is 19.4. The van der Waals surface area contributed by atoms with Gasteiger partial charge in [0, 0.05) is 44.6 Å². The lowest BCUT2D eigenvalue weighted by atomic mass is 9.75. The van der Waals surface area contributed by atoms with E-state index in [1.165, 1.54) is 21.1 Å². The summed E-state index contributed by atoms with van der Waals surface area (Å²) in [7, 11) is 2.78. The van der Waals surface area contributed by atoms with Crippen LogP contribution in [0.4, 0.5) is 13.2 Å². The first-order valence-electron chi connectivity index (χ1n) is 21.8. The predicted octanol–water partition coefficient (Wildman–Crippen LogP) is 2.20. The van der Waals surface area contributed by atoms with Crippen LogP contribution in [0.3, 0.4) is 0 Å². The normalized spacial score (nSPS) is 48.1. The maximum atomic E-state index is 14.4. The molecule has 19 heteroatoms. The molecule has 2 unspecified atom stereocenters. The largest absolute Gasteiger partial charge is 0.459 e. The summed E-state index contributed by atoms with van der Waals surface area (Å²) in [6.07, 6.45) is -17.5. The van der Waals surface area contributed by atoms with Crippen LogP contribution in [-0.4, -0.2) is 178 Å². The third-order valence-electron chi connectivity index (χ3n) is 13.8. The Kier molecular flexibility index (Phi) is 17.2. The summed E-state index contributed by atoms with van der Waals surface area (Å²) < 4.78 is 86.3. The van der Waals surface area contributed by atoms with E-state index in [9.17, 15) is 43.5 Å². The van der Waals surface area contributed by atoms with Gasteiger partial charge in [-0.3, -0.25) is 9.69 Å². The SMILES string of the molecule is CC[C@H]1OC(=O)[C@H](C)[C@@H](O[C@H]2C[C@@](C)(OC)[C@](O)(CNCC(C)O)[C@H](C)O2)[C@H](C)[C@@H](O[C@@H]2O[C@H](C)C[C@H]3[C@H]2OC(C(F)(F)F)N3C)[C@](C)(O)C[C@@H](C)CN[C@H](C)[C@@H](O)[C@]1(C)O. The van der Waals surface area contributed by atoms with Crippen molar-refractivity contribution in [1.29, 1.82) is 0 Å². The molecular formula is C42H76F3N3O13. The van der Waals surface area contributed by atoms with Crippen molar-refractivity contribution < 1.29 is 76.7 Å². The van der Waals surface area contributed by atoms with Crippen molar-refractivity contribution in [2.45, 2.75) is 210 Å². The maximum absolute atomic E-state index is 14.4. The number of ether oxygens (including phenoxy) is 7. The molecule has 7 N–H and O–H groups in total. The van der Waals surface area contributed by atoms with E-state index in [1.807, 2.05) is 6.92 Å². The molecule has 0 saturated carbocycles. The Bertz CT molecular complexity index is 1430. The number of aliphatic hydroxyl groups is 5. The summed E-state index contributed by atoms with van der Waals surface area (Å²) in [4.78, 5) is 15.5. The fraction of sp³-hybridized carbons (Fsp3) is 0.976. The number of halogens is 3.